The summed E-state index contributed by atoms with van der Waals surface area (Å²) in [4.78, 5) is 23.1. The Hall–Kier alpha value is -2.62. The predicted molar refractivity (Wildman–Crippen MR) is 87.9 cm³/mol. The molecule has 0 unspecified atom stereocenters. The zero-order valence-electron chi connectivity index (χ0n) is 13.6. The fraction of sp³-hybridized carbons (Fsp3) is 0.263. The van der Waals surface area contributed by atoms with E-state index in [1.54, 1.807) is 37.3 Å². The Morgan fingerprint density at radius 2 is 1.87 bits per heavy atom. The summed E-state index contributed by atoms with van der Waals surface area (Å²) in [5, 5.41) is 0. The van der Waals surface area contributed by atoms with Crippen LogP contribution in [0.3, 0.4) is 0 Å². The minimum Gasteiger partial charge on any atom is -0.489 e. The van der Waals surface area contributed by atoms with E-state index in [0.29, 0.717) is 17.9 Å². The Kier molecular flexibility index (Phi) is 5.52. The van der Waals surface area contributed by atoms with Gasteiger partial charge in [0.05, 0.1) is 12.7 Å². The van der Waals surface area contributed by atoms with Gasteiger partial charge in [0.1, 0.15) is 12.4 Å². The maximum absolute atomic E-state index is 11.6. The lowest BCUT2D eigenvalue weighted by atomic mass is 10.0. The highest BCUT2D eigenvalue weighted by atomic mass is 16.5. The average Bonchev–Trinajstić information content (AvgIpc) is 2.59. The molecule has 0 atom stereocenters. The number of ether oxygens (including phenoxy) is 2. The maximum Gasteiger partial charge on any atom is 0.337 e. The van der Waals surface area contributed by atoms with Crippen LogP contribution in [-0.4, -0.2) is 18.9 Å². The fourth-order valence-corrected chi connectivity index (χ4v) is 2.37. The summed E-state index contributed by atoms with van der Waals surface area (Å²) in [6, 6.07) is 12.6. The first kappa shape index (κ1) is 16.7. The van der Waals surface area contributed by atoms with Gasteiger partial charge in [-0.1, -0.05) is 19.1 Å². The predicted octanol–water partition coefficient (Wildman–Crippen LogP) is 3.82. The van der Waals surface area contributed by atoms with E-state index in [0.717, 1.165) is 23.1 Å². The molecular formula is C19H20O4. The number of benzene rings is 2. The van der Waals surface area contributed by atoms with Crippen molar-refractivity contribution in [1.29, 1.82) is 0 Å². The molecule has 4 heteroatoms. The van der Waals surface area contributed by atoms with Crippen molar-refractivity contribution in [3.05, 3.63) is 64.7 Å². The van der Waals surface area contributed by atoms with Crippen LogP contribution in [0.2, 0.25) is 0 Å². The van der Waals surface area contributed by atoms with Crippen molar-refractivity contribution in [2.24, 2.45) is 0 Å². The number of carbonyl (C=O) groups excluding carboxylic acids is 2. The molecule has 0 aliphatic carbocycles. The molecule has 23 heavy (non-hydrogen) atoms. The third-order valence-corrected chi connectivity index (χ3v) is 3.59. The van der Waals surface area contributed by atoms with Gasteiger partial charge in [-0.05, 0) is 54.8 Å². The van der Waals surface area contributed by atoms with Crippen LogP contribution in [0.5, 0.6) is 5.75 Å². The van der Waals surface area contributed by atoms with E-state index in [2.05, 4.69) is 0 Å². The molecule has 0 fully saturated rings. The summed E-state index contributed by atoms with van der Waals surface area (Å²) < 4.78 is 10.5. The third kappa shape index (κ3) is 4.19. The van der Waals surface area contributed by atoms with Gasteiger partial charge >= 0.3 is 5.97 Å². The summed E-state index contributed by atoms with van der Waals surface area (Å²) in [5.74, 6) is 0.389. The lowest BCUT2D eigenvalue weighted by Gasteiger charge is -2.11. The van der Waals surface area contributed by atoms with Gasteiger partial charge in [-0.2, -0.15) is 0 Å². The summed E-state index contributed by atoms with van der Waals surface area (Å²) in [7, 11) is 1.36. The molecular weight excluding hydrogens is 292 g/mol. The van der Waals surface area contributed by atoms with Gasteiger partial charge in [0.25, 0.3) is 0 Å². The molecule has 2 aromatic rings. The summed E-state index contributed by atoms with van der Waals surface area (Å²) in [6.07, 6.45) is 0.768. The van der Waals surface area contributed by atoms with E-state index in [1.165, 1.54) is 7.11 Å². The maximum atomic E-state index is 11.6. The van der Waals surface area contributed by atoms with Gasteiger partial charge in [-0.3, -0.25) is 4.79 Å². The molecule has 0 aromatic heterocycles. The van der Waals surface area contributed by atoms with Crippen molar-refractivity contribution < 1.29 is 19.1 Å². The number of esters is 1. The van der Waals surface area contributed by atoms with Crippen LogP contribution in [0.4, 0.5) is 0 Å². The molecule has 0 bridgehead atoms. The van der Waals surface area contributed by atoms with Gasteiger partial charge in [-0.25, -0.2) is 4.79 Å². The molecule has 0 saturated heterocycles. The average molecular weight is 312 g/mol. The van der Waals surface area contributed by atoms with E-state index in [9.17, 15) is 9.59 Å². The van der Waals surface area contributed by atoms with Crippen LogP contribution in [0.1, 0.15) is 45.7 Å². The topological polar surface area (TPSA) is 52.6 Å². The number of carbonyl (C=O) groups is 2. The van der Waals surface area contributed by atoms with Crippen LogP contribution in [-0.2, 0) is 17.8 Å². The molecule has 120 valence electrons. The largest absolute Gasteiger partial charge is 0.489 e. The van der Waals surface area contributed by atoms with E-state index in [1.807, 2.05) is 19.1 Å². The monoisotopic (exact) mass is 312 g/mol. The summed E-state index contributed by atoms with van der Waals surface area (Å²) in [5.41, 5.74) is 3.07. The summed E-state index contributed by atoms with van der Waals surface area (Å²) >= 11 is 0. The number of Topliss-reactive ketones (excluding diaryl/α,β-unsaturated/α-hetero) is 1. The number of hydrogen-bond acceptors (Lipinski definition) is 4. The van der Waals surface area contributed by atoms with Gasteiger partial charge < -0.3 is 9.47 Å². The van der Waals surface area contributed by atoms with Crippen LogP contribution >= 0.6 is 0 Å². The molecule has 2 aromatic carbocycles. The van der Waals surface area contributed by atoms with Crippen LogP contribution in [0.25, 0.3) is 0 Å². The minimum atomic E-state index is -0.370. The Bertz CT molecular complexity index is 719. The minimum absolute atomic E-state index is 0.0548. The van der Waals surface area contributed by atoms with Crippen molar-refractivity contribution in [1.82, 2.24) is 0 Å². The van der Waals surface area contributed by atoms with Gasteiger partial charge in [-0.15, -0.1) is 0 Å². The molecule has 2 rings (SSSR count). The van der Waals surface area contributed by atoms with Crippen LogP contribution in [0, 0.1) is 0 Å². The number of methoxy groups -OCH3 is 1. The number of hydrogen-bond donors (Lipinski definition) is 0. The van der Waals surface area contributed by atoms with Crippen molar-refractivity contribution in [3.63, 3.8) is 0 Å². The number of rotatable bonds is 6. The normalized spacial score (nSPS) is 10.2. The Morgan fingerprint density at radius 3 is 2.52 bits per heavy atom. The molecule has 0 saturated carbocycles. The number of ketones is 1. The molecule has 0 radical (unpaired) electrons. The van der Waals surface area contributed by atoms with Crippen molar-refractivity contribution >= 4 is 11.8 Å². The van der Waals surface area contributed by atoms with Gasteiger partial charge in [0.2, 0.25) is 0 Å². The highest BCUT2D eigenvalue weighted by molar-refractivity contribution is 5.95. The lowest BCUT2D eigenvalue weighted by molar-refractivity contribution is 0.0600. The van der Waals surface area contributed by atoms with Crippen LogP contribution < -0.4 is 4.74 Å². The Labute approximate surface area is 136 Å². The highest BCUT2D eigenvalue weighted by Gasteiger charge is 2.09. The van der Waals surface area contributed by atoms with Crippen molar-refractivity contribution in [2.75, 3.05) is 7.11 Å². The third-order valence-electron chi connectivity index (χ3n) is 3.59. The second-order valence-corrected chi connectivity index (χ2v) is 5.21. The molecule has 4 nitrogen and oxygen atoms in total. The molecule has 0 aliphatic rings. The standard InChI is InChI=1S/C19H20O4/c1-4-15-11-17(8-9-18(15)13(2)20)23-12-14-6-5-7-16(10-14)19(21)22-3/h5-11H,4,12H2,1-3H3. The van der Waals surface area contributed by atoms with Crippen LogP contribution in [0.15, 0.2) is 42.5 Å². The van der Waals surface area contributed by atoms with E-state index in [-0.39, 0.29) is 11.8 Å². The van der Waals surface area contributed by atoms with Crippen molar-refractivity contribution in [2.45, 2.75) is 26.9 Å². The highest BCUT2D eigenvalue weighted by Crippen LogP contribution is 2.20. The summed E-state index contributed by atoms with van der Waals surface area (Å²) in [6.45, 7) is 3.91. The first-order chi connectivity index (χ1) is 11.0. The smallest absolute Gasteiger partial charge is 0.337 e. The van der Waals surface area contributed by atoms with Gasteiger partial charge in [0.15, 0.2) is 5.78 Å². The van der Waals surface area contributed by atoms with E-state index < -0.39 is 0 Å². The SMILES string of the molecule is CCc1cc(OCc2cccc(C(=O)OC)c2)ccc1C(C)=O. The Balaban J connectivity index is 2.12. The first-order valence-electron chi connectivity index (χ1n) is 7.49. The molecule has 0 heterocycles. The zero-order valence-corrected chi connectivity index (χ0v) is 13.6. The van der Waals surface area contributed by atoms with Crippen molar-refractivity contribution in [3.8, 4) is 5.75 Å². The molecule has 0 amide bonds. The molecule has 0 aliphatic heterocycles. The first-order valence-corrected chi connectivity index (χ1v) is 7.49. The van der Waals surface area contributed by atoms with E-state index >= 15 is 0 Å². The Morgan fingerprint density at radius 1 is 1.09 bits per heavy atom. The second kappa shape index (κ2) is 7.58. The van der Waals surface area contributed by atoms with E-state index in [4.69, 9.17) is 9.47 Å². The fourth-order valence-electron chi connectivity index (χ4n) is 2.37. The lowest BCUT2D eigenvalue weighted by Crippen LogP contribution is -2.04. The second-order valence-electron chi connectivity index (χ2n) is 5.21. The zero-order chi connectivity index (χ0) is 16.8. The van der Waals surface area contributed by atoms with Gasteiger partial charge in [0, 0.05) is 5.56 Å². The molecule has 0 N–H and O–H groups in total. The number of aryl methyl sites for hydroxylation is 1. The quantitative estimate of drug-likeness (QED) is 0.601. The molecule has 0 spiro atoms.